The quantitative estimate of drug-likeness (QED) is 0.926. The fourth-order valence-corrected chi connectivity index (χ4v) is 3.94. The zero-order chi connectivity index (χ0) is 13.1. The fourth-order valence-electron chi connectivity index (χ4n) is 2.75. The largest absolute Gasteiger partial charge is 0.381 e. The summed E-state index contributed by atoms with van der Waals surface area (Å²) in [7, 11) is 1.80. The molecule has 3 atom stereocenters. The normalized spacial score (nSPS) is 27.3. The van der Waals surface area contributed by atoms with Crippen LogP contribution in [0.2, 0.25) is 4.34 Å². The molecule has 1 aliphatic heterocycles. The topological polar surface area (TPSA) is 38.5 Å². The lowest BCUT2D eigenvalue weighted by Crippen LogP contribution is -2.46. The van der Waals surface area contributed by atoms with Crippen molar-refractivity contribution in [3.8, 4) is 0 Å². The maximum atomic E-state index is 6.02. The van der Waals surface area contributed by atoms with E-state index in [0.29, 0.717) is 18.7 Å². The van der Waals surface area contributed by atoms with Crippen LogP contribution < -0.4 is 5.73 Å². The Morgan fingerprint density at radius 2 is 2.39 bits per heavy atom. The predicted molar refractivity (Wildman–Crippen MR) is 77.3 cm³/mol. The highest BCUT2D eigenvalue weighted by Gasteiger charge is 2.31. The van der Waals surface area contributed by atoms with E-state index in [1.807, 2.05) is 6.07 Å². The molecule has 1 aliphatic rings. The first-order chi connectivity index (χ1) is 8.65. The predicted octanol–water partition coefficient (Wildman–Crippen LogP) is 2.90. The van der Waals surface area contributed by atoms with Crippen LogP contribution >= 0.6 is 22.9 Å². The molecule has 1 saturated heterocycles. The molecule has 5 heteroatoms. The van der Waals surface area contributed by atoms with Gasteiger partial charge < -0.3 is 10.5 Å². The molecule has 1 aromatic heterocycles. The molecule has 0 aliphatic carbocycles. The third kappa shape index (κ3) is 3.06. The third-order valence-electron chi connectivity index (χ3n) is 3.76. The number of halogens is 1. The first kappa shape index (κ1) is 14.3. The first-order valence-corrected chi connectivity index (χ1v) is 7.59. The number of likely N-dealkylation sites (tertiary alicyclic amines) is 1. The Hall–Kier alpha value is -0.130. The minimum atomic E-state index is 0.287. The number of nitrogens with two attached hydrogens (primary N) is 1. The van der Waals surface area contributed by atoms with Crippen molar-refractivity contribution in [1.29, 1.82) is 0 Å². The Kier molecular flexibility index (Phi) is 5.04. The molecule has 1 aromatic rings. The minimum absolute atomic E-state index is 0.287. The second kappa shape index (κ2) is 6.35. The summed E-state index contributed by atoms with van der Waals surface area (Å²) < 4.78 is 6.29. The summed E-state index contributed by atoms with van der Waals surface area (Å²) in [5, 5.41) is 0. The molecule has 102 valence electrons. The monoisotopic (exact) mass is 288 g/mol. The van der Waals surface area contributed by atoms with Crippen LogP contribution in [0.4, 0.5) is 0 Å². The standard InChI is InChI=1S/C13H21ClN2OS/c1-9-7-10(17-2)5-6-16(9)11(8-15)12-3-4-13(14)18-12/h3-4,9-11H,5-8,15H2,1-2H3. The molecule has 1 fully saturated rings. The van der Waals surface area contributed by atoms with Gasteiger partial charge in [-0.3, -0.25) is 4.90 Å². The average molecular weight is 289 g/mol. The minimum Gasteiger partial charge on any atom is -0.381 e. The van der Waals surface area contributed by atoms with Gasteiger partial charge in [-0.15, -0.1) is 11.3 Å². The highest BCUT2D eigenvalue weighted by molar-refractivity contribution is 7.16. The van der Waals surface area contributed by atoms with E-state index in [4.69, 9.17) is 22.1 Å². The summed E-state index contributed by atoms with van der Waals surface area (Å²) in [6.07, 6.45) is 2.55. The smallest absolute Gasteiger partial charge is 0.0931 e. The van der Waals surface area contributed by atoms with Crippen molar-refractivity contribution in [3.63, 3.8) is 0 Å². The number of ether oxygens (including phenoxy) is 1. The number of hydrogen-bond acceptors (Lipinski definition) is 4. The van der Waals surface area contributed by atoms with E-state index in [0.717, 1.165) is 23.7 Å². The first-order valence-electron chi connectivity index (χ1n) is 6.39. The highest BCUT2D eigenvalue weighted by atomic mass is 35.5. The van der Waals surface area contributed by atoms with Gasteiger partial charge in [0.25, 0.3) is 0 Å². The van der Waals surface area contributed by atoms with Crippen LogP contribution in [0.5, 0.6) is 0 Å². The van der Waals surface area contributed by atoms with Crippen LogP contribution in [0.3, 0.4) is 0 Å². The maximum Gasteiger partial charge on any atom is 0.0931 e. The molecular weight excluding hydrogens is 268 g/mol. The van der Waals surface area contributed by atoms with Crippen molar-refractivity contribution in [1.82, 2.24) is 4.90 Å². The summed E-state index contributed by atoms with van der Waals surface area (Å²) in [6, 6.07) is 4.84. The molecule has 0 amide bonds. The molecule has 2 heterocycles. The average Bonchev–Trinajstić information content (AvgIpc) is 2.78. The zero-order valence-corrected chi connectivity index (χ0v) is 12.5. The van der Waals surface area contributed by atoms with Crippen molar-refractivity contribution in [3.05, 3.63) is 21.3 Å². The SMILES string of the molecule is COC1CCN(C(CN)c2ccc(Cl)s2)C(C)C1. The van der Waals surface area contributed by atoms with Crippen LogP contribution in [0.25, 0.3) is 0 Å². The summed E-state index contributed by atoms with van der Waals surface area (Å²) in [6.45, 7) is 3.93. The van der Waals surface area contributed by atoms with Gasteiger partial charge in [0.15, 0.2) is 0 Å². The molecule has 2 N–H and O–H groups in total. The Bertz CT molecular complexity index is 385. The number of thiophene rings is 1. The van der Waals surface area contributed by atoms with Gasteiger partial charge in [-0.25, -0.2) is 0 Å². The van der Waals surface area contributed by atoms with E-state index in [1.165, 1.54) is 4.88 Å². The lowest BCUT2D eigenvalue weighted by molar-refractivity contribution is 0.000180. The molecule has 0 bridgehead atoms. The van der Waals surface area contributed by atoms with E-state index < -0.39 is 0 Å². The molecule has 3 nitrogen and oxygen atoms in total. The summed E-state index contributed by atoms with van der Waals surface area (Å²) >= 11 is 7.66. The summed E-state index contributed by atoms with van der Waals surface area (Å²) in [4.78, 5) is 3.75. The van der Waals surface area contributed by atoms with E-state index in [-0.39, 0.29) is 6.04 Å². The van der Waals surface area contributed by atoms with Crippen molar-refractivity contribution >= 4 is 22.9 Å². The Labute approximate surface area is 118 Å². The van der Waals surface area contributed by atoms with Crippen molar-refractivity contribution in [2.75, 3.05) is 20.2 Å². The van der Waals surface area contributed by atoms with Gasteiger partial charge in [0, 0.05) is 31.1 Å². The molecule has 0 aromatic carbocycles. The van der Waals surface area contributed by atoms with E-state index >= 15 is 0 Å². The van der Waals surface area contributed by atoms with Crippen LogP contribution in [0, 0.1) is 0 Å². The third-order valence-corrected chi connectivity index (χ3v) is 5.09. The summed E-state index contributed by atoms with van der Waals surface area (Å²) in [5.74, 6) is 0. The van der Waals surface area contributed by atoms with E-state index in [2.05, 4.69) is 17.9 Å². The number of nitrogens with zero attached hydrogens (tertiary/aromatic N) is 1. The van der Waals surface area contributed by atoms with E-state index in [1.54, 1.807) is 18.4 Å². The number of rotatable bonds is 4. The molecule has 3 unspecified atom stereocenters. The van der Waals surface area contributed by atoms with Crippen LogP contribution in [0.1, 0.15) is 30.7 Å². The van der Waals surface area contributed by atoms with Gasteiger partial charge in [-0.2, -0.15) is 0 Å². The molecule has 18 heavy (non-hydrogen) atoms. The molecular formula is C13H21ClN2OS. The number of piperidine rings is 1. The lowest BCUT2D eigenvalue weighted by Gasteiger charge is -2.41. The Morgan fingerprint density at radius 3 is 2.89 bits per heavy atom. The van der Waals surface area contributed by atoms with Crippen LogP contribution in [0.15, 0.2) is 12.1 Å². The van der Waals surface area contributed by atoms with Gasteiger partial charge >= 0.3 is 0 Å². The number of methoxy groups -OCH3 is 1. The summed E-state index contributed by atoms with van der Waals surface area (Å²) in [5.41, 5.74) is 5.96. The van der Waals surface area contributed by atoms with Crippen molar-refractivity contribution in [2.45, 2.75) is 38.0 Å². The van der Waals surface area contributed by atoms with Gasteiger partial charge in [-0.1, -0.05) is 11.6 Å². The van der Waals surface area contributed by atoms with Crippen LogP contribution in [-0.4, -0.2) is 37.2 Å². The van der Waals surface area contributed by atoms with Gasteiger partial charge in [0.1, 0.15) is 0 Å². The Balaban J connectivity index is 2.09. The number of hydrogen-bond donors (Lipinski definition) is 1. The zero-order valence-electron chi connectivity index (χ0n) is 10.9. The molecule has 0 spiro atoms. The van der Waals surface area contributed by atoms with Crippen molar-refractivity contribution in [2.24, 2.45) is 5.73 Å². The second-order valence-electron chi connectivity index (χ2n) is 4.86. The molecule has 0 radical (unpaired) electrons. The fraction of sp³-hybridized carbons (Fsp3) is 0.692. The van der Waals surface area contributed by atoms with Gasteiger partial charge in [-0.05, 0) is 31.9 Å². The maximum absolute atomic E-state index is 6.02. The Morgan fingerprint density at radius 1 is 1.61 bits per heavy atom. The van der Waals surface area contributed by atoms with E-state index in [9.17, 15) is 0 Å². The highest BCUT2D eigenvalue weighted by Crippen LogP contribution is 2.34. The molecule has 2 rings (SSSR count). The van der Waals surface area contributed by atoms with Gasteiger partial charge in [0.2, 0.25) is 0 Å². The molecule has 0 saturated carbocycles. The van der Waals surface area contributed by atoms with Gasteiger partial charge in [0.05, 0.1) is 16.5 Å². The van der Waals surface area contributed by atoms with Crippen LogP contribution in [-0.2, 0) is 4.74 Å². The van der Waals surface area contributed by atoms with Crippen molar-refractivity contribution < 1.29 is 4.74 Å². The second-order valence-corrected chi connectivity index (χ2v) is 6.61. The lowest BCUT2D eigenvalue weighted by atomic mass is 9.98.